The van der Waals surface area contributed by atoms with Crippen LogP contribution < -0.4 is 14.8 Å². The summed E-state index contributed by atoms with van der Waals surface area (Å²) >= 11 is 0. The molecule has 3 fully saturated rings. The fraction of sp³-hybridized carbons (Fsp3) is 0.700. The van der Waals surface area contributed by atoms with Crippen LogP contribution in [0.1, 0.15) is 83.0 Å². The van der Waals surface area contributed by atoms with E-state index in [1.165, 1.54) is 20.3 Å². The molecule has 1 aromatic rings. The van der Waals surface area contributed by atoms with Gasteiger partial charge in [-0.05, 0) is 82.6 Å². The zero-order valence-corrected chi connectivity index (χ0v) is 24.3. The average molecular weight is 565 g/mol. The standard InChI is InChI=1S/C30H42F2N2O6/c1-16(2)17(3)34(32)28(36)25-18-7-8-19(13-18)26(25)33-27(35)21-14-24(22(31)15-23(21)38-5)40-20-9-11-30(4,12-10-20)29(37)39-6/h14-20,25-26H,7-13H2,1-6H3,(H,33,35)/t17-,18+,19-,20?,25-,26+,30?/m0/s1. The molecule has 40 heavy (non-hydrogen) atoms. The van der Waals surface area contributed by atoms with E-state index in [4.69, 9.17) is 14.2 Å². The Bertz CT molecular complexity index is 1120. The number of fused-ring (bicyclic) bond motifs is 2. The highest BCUT2D eigenvalue weighted by molar-refractivity contribution is 5.98. The lowest BCUT2D eigenvalue weighted by atomic mass is 9.75. The van der Waals surface area contributed by atoms with Crippen molar-refractivity contribution in [2.45, 2.75) is 90.8 Å². The molecule has 2 amide bonds. The van der Waals surface area contributed by atoms with Crippen molar-refractivity contribution in [3.63, 3.8) is 0 Å². The van der Waals surface area contributed by atoms with E-state index in [9.17, 15) is 18.8 Å². The maximum Gasteiger partial charge on any atom is 0.311 e. The topological polar surface area (TPSA) is 94.2 Å². The first-order chi connectivity index (χ1) is 18.9. The maximum absolute atomic E-state index is 15.1. The van der Waals surface area contributed by atoms with Gasteiger partial charge in [0, 0.05) is 12.1 Å². The monoisotopic (exact) mass is 564 g/mol. The van der Waals surface area contributed by atoms with Crippen LogP contribution in [0.25, 0.3) is 0 Å². The SMILES string of the molecule is COC(=O)C1(C)CCC(Oc2cc(C(=O)N[C@@H]3[C@H]4CC[C@H](C4)[C@@H]3C(=O)N(F)[C@@H](C)C(C)C)c(OC)cc2F)CC1. The Morgan fingerprint density at radius 2 is 1.68 bits per heavy atom. The Morgan fingerprint density at radius 1 is 1.02 bits per heavy atom. The molecule has 5 atom stereocenters. The smallest absolute Gasteiger partial charge is 0.311 e. The number of esters is 1. The molecular formula is C30H42F2N2O6. The first-order valence-electron chi connectivity index (χ1n) is 14.3. The highest BCUT2D eigenvalue weighted by Crippen LogP contribution is 2.49. The van der Waals surface area contributed by atoms with Gasteiger partial charge in [-0.1, -0.05) is 18.3 Å². The number of carbonyl (C=O) groups is 3. The molecule has 4 rings (SSSR count). The van der Waals surface area contributed by atoms with E-state index in [1.54, 1.807) is 6.92 Å². The van der Waals surface area contributed by atoms with E-state index in [1.807, 2.05) is 20.8 Å². The van der Waals surface area contributed by atoms with Crippen LogP contribution in [0.5, 0.6) is 11.5 Å². The zero-order chi connectivity index (χ0) is 29.4. The molecule has 222 valence electrons. The molecule has 8 nitrogen and oxygen atoms in total. The summed E-state index contributed by atoms with van der Waals surface area (Å²) in [5, 5.41) is 3.30. The molecule has 0 aliphatic heterocycles. The van der Waals surface area contributed by atoms with E-state index in [2.05, 4.69) is 5.32 Å². The van der Waals surface area contributed by atoms with Gasteiger partial charge in [-0.25, -0.2) is 4.39 Å². The molecule has 0 unspecified atom stereocenters. The number of methoxy groups -OCH3 is 2. The summed E-state index contributed by atoms with van der Waals surface area (Å²) in [4.78, 5) is 38.9. The lowest BCUT2D eigenvalue weighted by Crippen LogP contribution is -2.51. The second kappa shape index (κ2) is 11.9. The quantitative estimate of drug-likeness (QED) is 0.326. The summed E-state index contributed by atoms with van der Waals surface area (Å²) in [7, 11) is 2.71. The van der Waals surface area contributed by atoms with Crippen molar-refractivity contribution in [3.05, 3.63) is 23.5 Å². The van der Waals surface area contributed by atoms with E-state index in [-0.39, 0.29) is 46.9 Å². The summed E-state index contributed by atoms with van der Waals surface area (Å²) in [6, 6.07) is 1.34. The summed E-state index contributed by atoms with van der Waals surface area (Å²) in [5.74, 6) is -2.73. The maximum atomic E-state index is 15.1. The molecule has 2 bridgehead atoms. The number of hydrogen-bond acceptors (Lipinski definition) is 6. The van der Waals surface area contributed by atoms with Crippen LogP contribution in [0.15, 0.2) is 12.1 Å². The Hall–Kier alpha value is -2.91. The normalized spacial score (nSPS) is 30.1. The number of carbonyl (C=O) groups excluding carboxylic acids is 3. The van der Waals surface area contributed by atoms with E-state index < -0.39 is 41.0 Å². The van der Waals surface area contributed by atoms with Crippen molar-refractivity contribution in [2.75, 3.05) is 14.2 Å². The van der Waals surface area contributed by atoms with Crippen LogP contribution in [0, 0.1) is 34.9 Å². The van der Waals surface area contributed by atoms with Gasteiger partial charge in [0.15, 0.2) is 11.6 Å². The number of nitrogens with zero attached hydrogens (tertiary/aromatic N) is 1. The number of benzene rings is 1. The summed E-state index contributed by atoms with van der Waals surface area (Å²) < 4.78 is 46.3. The van der Waals surface area contributed by atoms with Gasteiger partial charge in [0.05, 0.1) is 43.3 Å². The van der Waals surface area contributed by atoms with Crippen molar-refractivity contribution in [3.8, 4) is 11.5 Å². The van der Waals surface area contributed by atoms with Gasteiger partial charge in [0.25, 0.3) is 11.8 Å². The molecule has 3 saturated carbocycles. The lowest BCUT2D eigenvalue weighted by Gasteiger charge is -2.35. The first kappa shape index (κ1) is 30.1. The van der Waals surface area contributed by atoms with E-state index in [0.29, 0.717) is 30.8 Å². The summed E-state index contributed by atoms with van der Waals surface area (Å²) in [6.07, 6.45) is 4.24. The van der Waals surface area contributed by atoms with Crippen LogP contribution in [0.3, 0.4) is 0 Å². The molecule has 0 spiro atoms. The number of rotatable bonds is 9. The highest BCUT2D eigenvalue weighted by atomic mass is 19.2. The minimum atomic E-state index is -0.668. The summed E-state index contributed by atoms with van der Waals surface area (Å²) in [5.41, 5.74) is -0.523. The van der Waals surface area contributed by atoms with Crippen LogP contribution >= 0.6 is 0 Å². The van der Waals surface area contributed by atoms with Crippen molar-refractivity contribution < 1.29 is 37.5 Å². The molecule has 0 aromatic heterocycles. The summed E-state index contributed by atoms with van der Waals surface area (Å²) in [6.45, 7) is 7.24. The molecule has 3 aliphatic carbocycles. The molecule has 1 N–H and O–H groups in total. The molecule has 0 saturated heterocycles. The molecule has 3 aliphatic rings. The van der Waals surface area contributed by atoms with Crippen LogP contribution in [-0.2, 0) is 14.3 Å². The largest absolute Gasteiger partial charge is 0.496 e. The fourth-order valence-electron chi connectivity index (χ4n) is 6.64. The van der Waals surface area contributed by atoms with E-state index >= 15 is 4.48 Å². The molecule has 1 aromatic carbocycles. The van der Waals surface area contributed by atoms with Crippen LogP contribution in [-0.4, -0.2) is 55.3 Å². The fourth-order valence-corrected chi connectivity index (χ4v) is 6.64. The first-order valence-corrected chi connectivity index (χ1v) is 14.3. The Balaban J connectivity index is 1.50. The van der Waals surface area contributed by atoms with Crippen molar-refractivity contribution >= 4 is 17.8 Å². The van der Waals surface area contributed by atoms with Crippen molar-refractivity contribution in [1.82, 2.24) is 10.4 Å². The third kappa shape index (κ3) is 5.77. The Kier molecular flexibility index (Phi) is 8.95. The van der Waals surface area contributed by atoms with Crippen molar-refractivity contribution in [2.24, 2.45) is 29.1 Å². The molecule has 0 radical (unpaired) electrons. The van der Waals surface area contributed by atoms with E-state index in [0.717, 1.165) is 25.3 Å². The molecule has 10 heteroatoms. The molecule has 0 heterocycles. The van der Waals surface area contributed by atoms with Gasteiger partial charge < -0.3 is 19.5 Å². The van der Waals surface area contributed by atoms with Crippen molar-refractivity contribution in [1.29, 1.82) is 0 Å². The number of ether oxygens (including phenoxy) is 3. The van der Waals surface area contributed by atoms with Gasteiger partial charge in [-0.3, -0.25) is 14.4 Å². The predicted octanol–water partition coefficient (Wildman–Crippen LogP) is 5.24. The third-order valence-corrected chi connectivity index (χ3v) is 9.54. The third-order valence-electron chi connectivity index (χ3n) is 9.54. The molecular weight excluding hydrogens is 522 g/mol. The second-order valence-corrected chi connectivity index (χ2v) is 12.3. The number of amides is 2. The van der Waals surface area contributed by atoms with Gasteiger partial charge in [0.1, 0.15) is 5.75 Å². The minimum Gasteiger partial charge on any atom is -0.496 e. The van der Waals surface area contributed by atoms with Gasteiger partial charge in [-0.2, -0.15) is 5.12 Å². The average Bonchev–Trinajstić information content (AvgIpc) is 3.55. The van der Waals surface area contributed by atoms with Crippen LogP contribution in [0.4, 0.5) is 8.87 Å². The minimum absolute atomic E-state index is 0.0106. The second-order valence-electron chi connectivity index (χ2n) is 12.3. The van der Waals surface area contributed by atoms with Gasteiger partial charge in [0.2, 0.25) is 0 Å². The van der Waals surface area contributed by atoms with Gasteiger partial charge in [-0.15, -0.1) is 0 Å². The number of nitrogens with one attached hydrogen (secondary N) is 1. The number of hydrogen-bond donors (Lipinski definition) is 1. The Labute approximate surface area is 235 Å². The number of halogens is 2. The lowest BCUT2D eigenvalue weighted by molar-refractivity contribution is -0.161. The highest BCUT2D eigenvalue weighted by Gasteiger charge is 2.53. The Morgan fingerprint density at radius 3 is 2.27 bits per heavy atom. The van der Waals surface area contributed by atoms with Gasteiger partial charge >= 0.3 is 5.97 Å². The van der Waals surface area contributed by atoms with Crippen LogP contribution in [0.2, 0.25) is 0 Å². The zero-order valence-electron chi connectivity index (χ0n) is 24.3. The predicted molar refractivity (Wildman–Crippen MR) is 144 cm³/mol.